The molecule has 1 aliphatic heterocycles. The molecule has 0 amide bonds. The summed E-state index contributed by atoms with van der Waals surface area (Å²) in [6.07, 6.45) is 1.40. The summed E-state index contributed by atoms with van der Waals surface area (Å²) >= 11 is 0. The van der Waals surface area contributed by atoms with Crippen molar-refractivity contribution in [2.24, 2.45) is 10.9 Å². The highest BCUT2D eigenvalue weighted by molar-refractivity contribution is 6.05. The number of rotatable bonds is 5. The Morgan fingerprint density at radius 2 is 2.08 bits per heavy atom. The number of nitriles is 1. The summed E-state index contributed by atoms with van der Waals surface area (Å²) in [7, 11) is 0. The van der Waals surface area contributed by atoms with E-state index < -0.39 is 23.8 Å². The number of aliphatic carboxylic acids is 1. The van der Waals surface area contributed by atoms with Crippen LogP contribution in [0.4, 0.5) is 0 Å². The van der Waals surface area contributed by atoms with Gasteiger partial charge in [-0.3, -0.25) is 4.79 Å². The highest BCUT2D eigenvalue weighted by atomic mass is 16.5. The lowest BCUT2D eigenvalue weighted by Gasteiger charge is -2.26. The van der Waals surface area contributed by atoms with E-state index in [4.69, 9.17) is 9.84 Å². The summed E-state index contributed by atoms with van der Waals surface area (Å²) in [4.78, 5) is 27.7. The van der Waals surface area contributed by atoms with E-state index in [-0.39, 0.29) is 24.6 Å². The van der Waals surface area contributed by atoms with Crippen LogP contribution in [0.2, 0.25) is 0 Å². The van der Waals surface area contributed by atoms with Gasteiger partial charge in [-0.1, -0.05) is 18.2 Å². The Morgan fingerprint density at radius 3 is 2.71 bits per heavy atom. The maximum absolute atomic E-state index is 12.0. The van der Waals surface area contributed by atoms with Crippen molar-refractivity contribution in [3.63, 3.8) is 0 Å². The number of esters is 1. The zero-order valence-electron chi connectivity index (χ0n) is 13.0. The van der Waals surface area contributed by atoms with Gasteiger partial charge in [0.1, 0.15) is 18.2 Å². The lowest BCUT2D eigenvalue weighted by atomic mass is 9.79. The van der Waals surface area contributed by atoms with E-state index in [0.29, 0.717) is 11.1 Å². The van der Waals surface area contributed by atoms with Crippen molar-refractivity contribution >= 4 is 17.7 Å². The second-order valence-corrected chi connectivity index (χ2v) is 5.21. The van der Waals surface area contributed by atoms with E-state index in [1.54, 1.807) is 24.3 Å². The van der Waals surface area contributed by atoms with E-state index in [1.807, 2.05) is 6.07 Å². The molecular weight excluding hydrogens is 312 g/mol. The molecule has 0 saturated carbocycles. The van der Waals surface area contributed by atoms with Crippen LogP contribution in [0.25, 0.3) is 0 Å². The van der Waals surface area contributed by atoms with Gasteiger partial charge in [0, 0.05) is 11.6 Å². The molecule has 7 nitrogen and oxygen atoms in total. The van der Waals surface area contributed by atoms with Gasteiger partial charge in [0.2, 0.25) is 0 Å². The Hall–Kier alpha value is -2.98. The molecule has 0 fully saturated rings. The summed E-state index contributed by atoms with van der Waals surface area (Å²) in [5.74, 6) is -3.53. The average molecular weight is 328 g/mol. The molecular formula is C17H16N2O5. The number of nitrogens with zero attached hydrogens (tertiary/aromatic N) is 2. The maximum Gasteiger partial charge on any atom is 0.356 e. The Bertz CT molecular complexity index is 760. The molecule has 1 aromatic carbocycles. The third kappa shape index (κ3) is 3.50. The summed E-state index contributed by atoms with van der Waals surface area (Å²) < 4.78 is 4.84. The van der Waals surface area contributed by atoms with E-state index in [2.05, 4.69) is 4.99 Å². The van der Waals surface area contributed by atoms with Crippen molar-refractivity contribution in [3.05, 3.63) is 47.2 Å². The van der Waals surface area contributed by atoms with Crippen molar-refractivity contribution < 1.29 is 24.5 Å². The number of carbonyl (C=O) groups is 2. The van der Waals surface area contributed by atoms with Crippen LogP contribution in [0.15, 0.2) is 41.0 Å². The molecule has 2 rings (SSSR count). The van der Waals surface area contributed by atoms with Crippen LogP contribution >= 0.6 is 0 Å². The molecule has 7 heteroatoms. The Balaban J connectivity index is 2.49. The van der Waals surface area contributed by atoms with Crippen LogP contribution in [-0.2, 0) is 14.3 Å². The highest BCUT2D eigenvalue weighted by Crippen LogP contribution is 2.34. The Labute approximate surface area is 138 Å². The molecule has 2 N–H and O–H groups in total. The topological polar surface area (TPSA) is 120 Å². The summed E-state index contributed by atoms with van der Waals surface area (Å²) in [5, 5.41) is 27.5. The molecule has 2 atom stereocenters. The predicted octanol–water partition coefficient (Wildman–Crippen LogP) is 1.24. The van der Waals surface area contributed by atoms with Gasteiger partial charge in [-0.25, -0.2) is 9.79 Å². The first kappa shape index (κ1) is 17.4. The molecule has 0 bridgehead atoms. The van der Waals surface area contributed by atoms with Gasteiger partial charge in [0.05, 0.1) is 18.2 Å². The van der Waals surface area contributed by atoms with Crippen molar-refractivity contribution in [1.82, 2.24) is 0 Å². The standard InChI is InChI=1S/C17H16N2O5/c1-10-15(16(21)22)13(12-5-3-2-4-11(12)9-18)8-14(19-10)17(23)24-7-6-20/h2-5,8,13,15,20H,6-7H2,1H3,(H,21,22). The summed E-state index contributed by atoms with van der Waals surface area (Å²) in [6.45, 7) is 1.03. The zero-order valence-corrected chi connectivity index (χ0v) is 13.0. The summed E-state index contributed by atoms with van der Waals surface area (Å²) in [5.41, 5.74) is 1.06. The Kier molecular flexibility index (Phi) is 5.45. The van der Waals surface area contributed by atoms with Crippen molar-refractivity contribution in [1.29, 1.82) is 5.26 Å². The molecule has 1 aromatic rings. The lowest BCUT2D eigenvalue weighted by molar-refractivity contribution is -0.141. The third-order valence-electron chi connectivity index (χ3n) is 3.68. The van der Waals surface area contributed by atoms with Crippen LogP contribution in [0.1, 0.15) is 24.0 Å². The monoisotopic (exact) mass is 328 g/mol. The van der Waals surface area contributed by atoms with Gasteiger partial charge in [0.25, 0.3) is 0 Å². The lowest BCUT2D eigenvalue weighted by Crippen LogP contribution is -2.32. The van der Waals surface area contributed by atoms with E-state index >= 15 is 0 Å². The molecule has 124 valence electrons. The summed E-state index contributed by atoms with van der Waals surface area (Å²) in [6, 6.07) is 8.67. The molecule has 24 heavy (non-hydrogen) atoms. The number of carboxylic acid groups (broad SMARTS) is 1. The number of ether oxygens (including phenoxy) is 1. The van der Waals surface area contributed by atoms with Crippen LogP contribution in [0.3, 0.4) is 0 Å². The molecule has 0 aliphatic carbocycles. The number of allylic oxidation sites excluding steroid dienone is 1. The van der Waals surface area contributed by atoms with E-state index in [9.17, 15) is 20.0 Å². The number of aliphatic hydroxyl groups excluding tert-OH is 1. The third-order valence-corrected chi connectivity index (χ3v) is 3.68. The van der Waals surface area contributed by atoms with Crippen molar-refractivity contribution in [3.8, 4) is 6.07 Å². The average Bonchev–Trinajstić information content (AvgIpc) is 2.58. The number of benzene rings is 1. The van der Waals surface area contributed by atoms with Crippen LogP contribution < -0.4 is 0 Å². The zero-order chi connectivity index (χ0) is 17.7. The minimum absolute atomic E-state index is 0.0313. The number of aliphatic hydroxyl groups is 1. The van der Waals surface area contributed by atoms with Crippen LogP contribution in [0, 0.1) is 17.2 Å². The first-order chi connectivity index (χ1) is 11.5. The van der Waals surface area contributed by atoms with E-state index in [1.165, 1.54) is 13.0 Å². The SMILES string of the molecule is CC1=NC(C(=O)OCCO)=CC(c2ccccc2C#N)C1C(=O)O. The molecule has 1 aliphatic rings. The first-order valence-corrected chi connectivity index (χ1v) is 7.26. The normalized spacial score (nSPS) is 19.7. The minimum atomic E-state index is -1.09. The molecule has 0 aromatic heterocycles. The van der Waals surface area contributed by atoms with Crippen molar-refractivity contribution in [2.75, 3.05) is 13.2 Å². The first-order valence-electron chi connectivity index (χ1n) is 7.26. The number of carboxylic acids is 1. The smallest absolute Gasteiger partial charge is 0.356 e. The number of aliphatic imine (C=N–C) groups is 1. The molecule has 0 radical (unpaired) electrons. The number of hydrogen-bond acceptors (Lipinski definition) is 6. The van der Waals surface area contributed by atoms with Gasteiger partial charge in [-0.05, 0) is 24.6 Å². The van der Waals surface area contributed by atoms with Gasteiger partial charge in [0.15, 0.2) is 0 Å². The quantitative estimate of drug-likeness (QED) is 0.785. The van der Waals surface area contributed by atoms with Crippen LogP contribution in [-0.4, -0.2) is 41.1 Å². The minimum Gasteiger partial charge on any atom is -0.481 e. The molecule has 1 heterocycles. The molecule has 2 unspecified atom stereocenters. The van der Waals surface area contributed by atoms with Crippen LogP contribution in [0.5, 0.6) is 0 Å². The molecule has 0 saturated heterocycles. The van der Waals surface area contributed by atoms with E-state index in [0.717, 1.165) is 0 Å². The fraction of sp³-hybridized carbons (Fsp3) is 0.294. The highest BCUT2D eigenvalue weighted by Gasteiger charge is 2.36. The van der Waals surface area contributed by atoms with Gasteiger partial charge >= 0.3 is 11.9 Å². The van der Waals surface area contributed by atoms with Gasteiger partial charge in [-0.15, -0.1) is 0 Å². The fourth-order valence-electron chi connectivity index (χ4n) is 2.64. The number of carbonyl (C=O) groups excluding carboxylic acids is 1. The second kappa shape index (κ2) is 7.53. The molecule has 0 spiro atoms. The van der Waals surface area contributed by atoms with Gasteiger partial charge in [-0.2, -0.15) is 5.26 Å². The van der Waals surface area contributed by atoms with Gasteiger partial charge < -0.3 is 14.9 Å². The predicted molar refractivity (Wildman–Crippen MR) is 84.3 cm³/mol. The Morgan fingerprint density at radius 1 is 1.38 bits per heavy atom. The maximum atomic E-state index is 12.0. The fourth-order valence-corrected chi connectivity index (χ4v) is 2.64. The van der Waals surface area contributed by atoms with Crippen molar-refractivity contribution in [2.45, 2.75) is 12.8 Å². The second-order valence-electron chi connectivity index (χ2n) is 5.21. The number of hydrogen-bond donors (Lipinski definition) is 2. The largest absolute Gasteiger partial charge is 0.481 e.